The van der Waals surface area contributed by atoms with Gasteiger partial charge in [0.15, 0.2) is 0 Å². The summed E-state index contributed by atoms with van der Waals surface area (Å²) >= 11 is 1.41. The highest BCUT2D eigenvalue weighted by Gasteiger charge is 2.28. The molecule has 0 saturated heterocycles. The molecule has 5 heteroatoms. The molecule has 1 amide bonds. The molecule has 0 aliphatic heterocycles. The second-order valence-corrected chi connectivity index (χ2v) is 6.58. The van der Waals surface area contributed by atoms with Crippen LogP contribution in [0.2, 0.25) is 0 Å². The molecule has 1 fully saturated rings. The van der Waals surface area contributed by atoms with Gasteiger partial charge in [-0.3, -0.25) is 4.79 Å². The van der Waals surface area contributed by atoms with Crippen molar-refractivity contribution in [3.63, 3.8) is 0 Å². The van der Waals surface area contributed by atoms with Crippen LogP contribution in [0.25, 0.3) is 10.2 Å². The van der Waals surface area contributed by atoms with Crippen molar-refractivity contribution in [1.82, 2.24) is 9.88 Å². The number of hydrogen-bond donors (Lipinski definition) is 1. The zero-order valence-electron chi connectivity index (χ0n) is 12.3. The van der Waals surface area contributed by atoms with Gasteiger partial charge in [0.25, 0.3) is 5.91 Å². The number of aromatic nitrogens is 1. The number of nitrogens with two attached hydrogens (primary N) is 1. The Kier molecular flexibility index (Phi) is 4.10. The van der Waals surface area contributed by atoms with Crippen LogP contribution in [-0.2, 0) is 0 Å². The number of amides is 1. The van der Waals surface area contributed by atoms with Crippen LogP contribution < -0.4 is 5.73 Å². The summed E-state index contributed by atoms with van der Waals surface area (Å²) < 4.78 is 0. The predicted octanol–water partition coefficient (Wildman–Crippen LogP) is 3.67. The molecule has 21 heavy (non-hydrogen) atoms. The van der Waals surface area contributed by atoms with E-state index in [9.17, 15) is 4.79 Å². The van der Waals surface area contributed by atoms with Gasteiger partial charge in [-0.1, -0.05) is 19.3 Å². The van der Waals surface area contributed by atoms with Crippen LogP contribution in [0.5, 0.6) is 0 Å². The lowest BCUT2D eigenvalue weighted by Crippen LogP contribution is -2.41. The molecule has 112 valence electrons. The van der Waals surface area contributed by atoms with Gasteiger partial charge in [-0.15, -0.1) is 11.3 Å². The predicted molar refractivity (Wildman–Crippen MR) is 87.6 cm³/mol. The molecule has 1 aliphatic rings. The number of nitrogen functional groups attached to an aromatic ring is 1. The zero-order valence-corrected chi connectivity index (χ0v) is 13.2. The summed E-state index contributed by atoms with van der Waals surface area (Å²) in [5.74, 6) is 0.0740. The molecule has 1 aliphatic carbocycles. The minimum absolute atomic E-state index is 0.0740. The van der Waals surface area contributed by atoms with Crippen LogP contribution in [0.3, 0.4) is 0 Å². The van der Waals surface area contributed by atoms with Crippen molar-refractivity contribution in [2.75, 3.05) is 12.3 Å². The summed E-state index contributed by atoms with van der Waals surface area (Å²) in [6.45, 7) is 2.79. The van der Waals surface area contributed by atoms with Gasteiger partial charge < -0.3 is 10.6 Å². The topological polar surface area (TPSA) is 59.2 Å². The number of hydrogen-bond acceptors (Lipinski definition) is 4. The van der Waals surface area contributed by atoms with E-state index in [-0.39, 0.29) is 5.91 Å². The molecular formula is C16H21N3OS. The average Bonchev–Trinajstić information content (AvgIpc) is 2.87. The second-order valence-electron chi connectivity index (χ2n) is 5.58. The third-order valence-electron chi connectivity index (χ3n) is 4.32. The van der Waals surface area contributed by atoms with Gasteiger partial charge in [-0.25, -0.2) is 4.98 Å². The van der Waals surface area contributed by atoms with E-state index < -0.39 is 0 Å². The first kappa shape index (κ1) is 14.3. The summed E-state index contributed by atoms with van der Waals surface area (Å²) in [6, 6.07) is 4.16. The maximum absolute atomic E-state index is 12.9. The van der Waals surface area contributed by atoms with Gasteiger partial charge in [0.2, 0.25) is 0 Å². The summed E-state index contributed by atoms with van der Waals surface area (Å²) in [4.78, 5) is 20.7. The van der Waals surface area contributed by atoms with E-state index >= 15 is 0 Å². The lowest BCUT2D eigenvalue weighted by atomic mass is 9.94. The van der Waals surface area contributed by atoms with Crippen molar-refractivity contribution in [3.05, 3.63) is 23.2 Å². The van der Waals surface area contributed by atoms with Gasteiger partial charge >= 0.3 is 0 Å². The molecule has 3 rings (SSSR count). The van der Waals surface area contributed by atoms with Crippen LogP contribution in [0.15, 0.2) is 18.3 Å². The first-order valence-electron chi connectivity index (χ1n) is 7.66. The Morgan fingerprint density at radius 2 is 2.19 bits per heavy atom. The number of rotatable bonds is 3. The van der Waals surface area contributed by atoms with E-state index in [0.29, 0.717) is 16.6 Å². The fraction of sp³-hybridized carbons (Fsp3) is 0.500. The lowest BCUT2D eigenvalue weighted by Gasteiger charge is -2.33. The average molecular weight is 303 g/mol. The van der Waals surface area contributed by atoms with Gasteiger partial charge in [-0.2, -0.15) is 0 Å². The van der Waals surface area contributed by atoms with Crippen LogP contribution in [0.1, 0.15) is 48.7 Å². The van der Waals surface area contributed by atoms with Gasteiger partial charge in [-0.05, 0) is 31.9 Å². The third kappa shape index (κ3) is 2.62. The van der Waals surface area contributed by atoms with Gasteiger partial charge in [0, 0.05) is 24.2 Å². The van der Waals surface area contributed by atoms with Crippen LogP contribution in [0.4, 0.5) is 5.69 Å². The molecule has 0 radical (unpaired) electrons. The summed E-state index contributed by atoms with van der Waals surface area (Å²) in [6.07, 6.45) is 7.70. The highest BCUT2D eigenvalue weighted by Crippen LogP contribution is 2.34. The van der Waals surface area contributed by atoms with Crippen molar-refractivity contribution in [3.8, 4) is 0 Å². The minimum atomic E-state index is 0.0740. The molecule has 2 aromatic rings. The van der Waals surface area contributed by atoms with Gasteiger partial charge in [0.1, 0.15) is 9.71 Å². The Hall–Kier alpha value is -1.62. The number of carbonyl (C=O) groups excluding carboxylic acids is 1. The van der Waals surface area contributed by atoms with Crippen molar-refractivity contribution < 1.29 is 4.79 Å². The first-order valence-corrected chi connectivity index (χ1v) is 8.48. The minimum Gasteiger partial charge on any atom is -0.397 e. The molecule has 1 saturated carbocycles. The normalized spacial score (nSPS) is 16.2. The summed E-state index contributed by atoms with van der Waals surface area (Å²) in [7, 11) is 0. The van der Waals surface area contributed by atoms with E-state index in [1.807, 2.05) is 24.0 Å². The van der Waals surface area contributed by atoms with E-state index in [1.54, 1.807) is 6.20 Å². The highest BCUT2D eigenvalue weighted by atomic mass is 32.1. The molecular weight excluding hydrogens is 282 g/mol. The van der Waals surface area contributed by atoms with Crippen LogP contribution in [0, 0.1) is 0 Å². The van der Waals surface area contributed by atoms with E-state index in [1.165, 1.54) is 30.6 Å². The van der Waals surface area contributed by atoms with E-state index in [4.69, 9.17) is 5.73 Å². The molecule has 2 heterocycles. The zero-order chi connectivity index (χ0) is 14.8. The molecule has 0 spiro atoms. The Balaban J connectivity index is 1.92. The fourth-order valence-electron chi connectivity index (χ4n) is 3.20. The number of thiophene rings is 1. The number of nitrogens with zero attached hydrogens (tertiary/aromatic N) is 2. The Labute approximate surface area is 129 Å². The maximum atomic E-state index is 12.9. The largest absolute Gasteiger partial charge is 0.397 e. The number of anilines is 1. The summed E-state index contributed by atoms with van der Waals surface area (Å²) in [5.41, 5.74) is 6.77. The van der Waals surface area contributed by atoms with Crippen molar-refractivity contribution in [2.24, 2.45) is 0 Å². The van der Waals surface area contributed by atoms with Gasteiger partial charge in [0.05, 0.1) is 5.69 Å². The molecule has 2 N–H and O–H groups in total. The number of fused-ring (bicyclic) bond motifs is 1. The number of pyridine rings is 1. The molecule has 4 nitrogen and oxygen atoms in total. The van der Waals surface area contributed by atoms with E-state index in [2.05, 4.69) is 4.98 Å². The number of carbonyl (C=O) groups is 1. The Bertz CT molecular complexity index is 646. The highest BCUT2D eigenvalue weighted by molar-refractivity contribution is 7.21. The molecule has 0 bridgehead atoms. The fourth-order valence-corrected chi connectivity index (χ4v) is 4.22. The molecule has 0 atom stereocenters. The molecule has 2 aromatic heterocycles. The van der Waals surface area contributed by atoms with Crippen molar-refractivity contribution >= 4 is 33.1 Å². The van der Waals surface area contributed by atoms with Crippen molar-refractivity contribution in [2.45, 2.75) is 45.1 Å². The monoisotopic (exact) mass is 303 g/mol. The first-order chi connectivity index (χ1) is 10.2. The molecule has 0 aromatic carbocycles. The van der Waals surface area contributed by atoms with Crippen LogP contribution in [-0.4, -0.2) is 28.4 Å². The summed E-state index contributed by atoms with van der Waals surface area (Å²) in [5, 5.41) is 0.894. The Morgan fingerprint density at radius 1 is 1.43 bits per heavy atom. The third-order valence-corrected chi connectivity index (χ3v) is 5.43. The molecule has 0 unspecified atom stereocenters. The lowest BCUT2D eigenvalue weighted by molar-refractivity contribution is 0.0654. The SMILES string of the molecule is CCN(C(=O)c1sc2ncccc2c1N)C1CCCCC1. The maximum Gasteiger partial charge on any atom is 0.266 e. The standard InChI is InChI=1S/C16H21N3OS/c1-2-19(11-7-4-3-5-8-11)16(20)14-13(17)12-9-6-10-18-15(12)21-14/h6,9-11H,2-5,7-8,17H2,1H3. The van der Waals surface area contributed by atoms with Crippen molar-refractivity contribution in [1.29, 1.82) is 0 Å². The van der Waals surface area contributed by atoms with E-state index in [0.717, 1.165) is 29.6 Å². The quantitative estimate of drug-likeness (QED) is 0.941. The smallest absolute Gasteiger partial charge is 0.266 e. The second kappa shape index (κ2) is 6.02. The Morgan fingerprint density at radius 3 is 2.86 bits per heavy atom. The van der Waals surface area contributed by atoms with Crippen LogP contribution >= 0.6 is 11.3 Å².